The van der Waals surface area contributed by atoms with Crippen LogP contribution in [0.1, 0.15) is 108 Å². The smallest absolute Gasteiger partial charge is 0.339 e. The van der Waals surface area contributed by atoms with Crippen molar-refractivity contribution in [2.24, 2.45) is 34.5 Å². The number of fused-ring (bicyclic) bond motifs is 3. The minimum atomic E-state index is -2.18. The van der Waals surface area contributed by atoms with Crippen LogP contribution in [-0.4, -0.2) is 52.4 Å². The summed E-state index contributed by atoms with van der Waals surface area (Å²) in [6.45, 7) is 11.8. The van der Waals surface area contributed by atoms with E-state index < -0.39 is 35.1 Å². The van der Waals surface area contributed by atoms with Crippen LogP contribution in [0.15, 0.2) is 46.0 Å². The third-order valence-electron chi connectivity index (χ3n) is 11.7. The molecule has 8 atom stereocenters. The van der Waals surface area contributed by atoms with E-state index >= 15 is 0 Å². The number of halogens is 1. The van der Waals surface area contributed by atoms with Crippen molar-refractivity contribution in [2.45, 2.75) is 117 Å². The number of ether oxygens (including phenoxy) is 2. The molecule has 0 amide bonds. The van der Waals surface area contributed by atoms with E-state index in [0.29, 0.717) is 23.1 Å². The summed E-state index contributed by atoms with van der Waals surface area (Å²) in [4.78, 5) is 41.2. The largest absolute Gasteiger partial charge is 0.461 e. The molecule has 8 heteroatoms. The normalized spacial score (nSPS) is 34.0. The molecule has 2 fully saturated rings. The molecular formula is C38H51BrO7. The summed E-state index contributed by atoms with van der Waals surface area (Å²) in [6, 6.07) is 5.21. The van der Waals surface area contributed by atoms with Gasteiger partial charge in [-0.05, 0) is 84.8 Å². The Morgan fingerprint density at radius 1 is 1.07 bits per heavy atom. The molecule has 0 aliphatic heterocycles. The summed E-state index contributed by atoms with van der Waals surface area (Å²) in [5, 5.41) is 25.1. The van der Waals surface area contributed by atoms with Crippen molar-refractivity contribution >= 4 is 33.7 Å². The number of Topliss-reactive ketones (excluding diaryl/α,β-unsaturated/α-hetero) is 1. The first-order valence-corrected chi connectivity index (χ1v) is 18.0. The van der Waals surface area contributed by atoms with Crippen molar-refractivity contribution in [2.75, 3.05) is 6.61 Å². The second kappa shape index (κ2) is 13.3. The van der Waals surface area contributed by atoms with E-state index in [9.17, 15) is 24.6 Å². The zero-order valence-corrected chi connectivity index (χ0v) is 29.8. The molecule has 1 aromatic carbocycles. The Kier molecular flexibility index (Phi) is 10.1. The Morgan fingerprint density at radius 2 is 1.74 bits per heavy atom. The first-order valence-electron chi connectivity index (χ1n) is 17.2. The highest BCUT2D eigenvalue weighted by Crippen LogP contribution is 2.71. The molecule has 4 aliphatic rings. The predicted molar refractivity (Wildman–Crippen MR) is 180 cm³/mol. The molecule has 46 heavy (non-hydrogen) atoms. The number of allylic oxidation sites excluding steroid dienone is 1. The molecule has 2 bridgehead atoms. The van der Waals surface area contributed by atoms with Gasteiger partial charge in [0.2, 0.25) is 0 Å². The number of aliphatic hydroxyl groups is 2. The summed E-state index contributed by atoms with van der Waals surface area (Å²) in [7, 11) is 0. The van der Waals surface area contributed by atoms with Gasteiger partial charge in [0, 0.05) is 16.8 Å². The maximum Gasteiger partial charge on any atom is 0.339 e. The number of hydrogen-bond acceptors (Lipinski definition) is 7. The van der Waals surface area contributed by atoms with Crippen LogP contribution < -0.4 is 0 Å². The van der Waals surface area contributed by atoms with Crippen molar-refractivity contribution in [1.29, 1.82) is 0 Å². The van der Waals surface area contributed by atoms with Crippen LogP contribution in [0.2, 0.25) is 0 Å². The summed E-state index contributed by atoms with van der Waals surface area (Å²) >= 11 is 3.43. The molecule has 2 N–H and O–H groups in total. The van der Waals surface area contributed by atoms with Gasteiger partial charge in [-0.2, -0.15) is 0 Å². The number of ketones is 1. The summed E-state index contributed by atoms with van der Waals surface area (Å²) in [5.41, 5.74) is -1.91. The van der Waals surface area contributed by atoms with Gasteiger partial charge in [0.1, 0.15) is 12.7 Å². The molecule has 0 heterocycles. The van der Waals surface area contributed by atoms with Gasteiger partial charge in [0.15, 0.2) is 17.5 Å². The fraction of sp³-hybridized carbons (Fsp3) is 0.658. The lowest BCUT2D eigenvalue weighted by atomic mass is 9.59. The van der Waals surface area contributed by atoms with Crippen molar-refractivity contribution in [3.05, 3.63) is 57.1 Å². The fourth-order valence-corrected chi connectivity index (χ4v) is 9.55. The van der Waals surface area contributed by atoms with Crippen LogP contribution in [0.4, 0.5) is 0 Å². The maximum atomic E-state index is 14.8. The second-order valence-electron chi connectivity index (χ2n) is 15.0. The molecule has 0 unspecified atom stereocenters. The molecule has 1 aromatic rings. The molecule has 252 valence electrons. The summed E-state index contributed by atoms with van der Waals surface area (Å²) in [6.07, 6.45) is 9.17. The molecule has 0 radical (unpaired) electrons. The average Bonchev–Trinajstić information content (AvgIpc) is 3.49. The van der Waals surface area contributed by atoms with Gasteiger partial charge in [-0.3, -0.25) is 9.59 Å². The van der Waals surface area contributed by atoms with Crippen LogP contribution in [0.3, 0.4) is 0 Å². The molecule has 0 saturated heterocycles. The Hall–Kier alpha value is -2.29. The molecular weight excluding hydrogens is 648 g/mol. The van der Waals surface area contributed by atoms with E-state index in [1.807, 2.05) is 13.0 Å². The lowest BCUT2D eigenvalue weighted by Crippen LogP contribution is -2.65. The predicted octanol–water partition coefficient (Wildman–Crippen LogP) is 7.44. The van der Waals surface area contributed by atoms with Gasteiger partial charge < -0.3 is 19.7 Å². The highest BCUT2D eigenvalue weighted by Gasteiger charge is 2.76. The van der Waals surface area contributed by atoms with E-state index in [1.54, 1.807) is 38.1 Å². The number of carbonyl (C=O) groups excluding carboxylic acids is 3. The van der Waals surface area contributed by atoms with Crippen LogP contribution in [0.25, 0.3) is 0 Å². The SMILES string of the molecule is CCCCCCCCCC(=O)OCC1=C[C@@H]2C(=O)[C@]3(C=C(C)[C@H](OC(=O)c4ccc(Br)cc4C)[C@@]3(O)[C@@H]1O)[C@H](C)C[C@@H]1[C@H]2C1(C)C. The third kappa shape index (κ3) is 5.85. The summed E-state index contributed by atoms with van der Waals surface area (Å²) in [5.74, 6) is -1.79. The standard InChI is InChI=1S/C38H51BrO7/c1-7-8-9-10-11-12-13-14-30(40)45-21-25-19-28-31-29(36(31,5)6)18-24(4)37(33(28)42)20-23(3)34(38(37,44)32(25)41)46-35(43)27-16-15-26(39)17-22(27)2/h15-17,19-20,24,28-29,31-32,34,41,44H,7-14,18,21H2,1-6H3/t24-,28+,29-,31+,32-,34+,37+,38+/m1/s1. The van der Waals surface area contributed by atoms with Gasteiger partial charge >= 0.3 is 11.9 Å². The van der Waals surface area contributed by atoms with E-state index in [-0.39, 0.29) is 53.5 Å². The van der Waals surface area contributed by atoms with Crippen molar-refractivity contribution in [3.63, 3.8) is 0 Å². The third-order valence-corrected chi connectivity index (χ3v) is 12.2. The highest BCUT2D eigenvalue weighted by atomic mass is 79.9. The quantitative estimate of drug-likeness (QED) is 0.133. The first kappa shape index (κ1) is 35.0. The molecule has 0 aromatic heterocycles. The zero-order valence-electron chi connectivity index (χ0n) is 28.2. The summed E-state index contributed by atoms with van der Waals surface area (Å²) < 4.78 is 12.6. The van der Waals surface area contributed by atoms with E-state index in [1.165, 1.54) is 19.3 Å². The number of benzene rings is 1. The van der Waals surface area contributed by atoms with Crippen LogP contribution in [0.5, 0.6) is 0 Å². The van der Waals surface area contributed by atoms with Gasteiger partial charge in [-0.25, -0.2) is 4.79 Å². The number of esters is 2. The van der Waals surface area contributed by atoms with E-state index in [4.69, 9.17) is 9.47 Å². The molecule has 1 spiro atoms. The Labute approximate surface area is 282 Å². The Balaban J connectivity index is 1.43. The lowest BCUT2D eigenvalue weighted by Gasteiger charge is -2.48. The highest BCUT2D eigenvalue weighted by molar-refractivity contribution is 9.10. The van der Waals surface area contributed by atoms with Gasteiger partial charge in [0.25, 0.3) is 0 Å². The number of carbonyl (C=O) groups is 3. The zero-order chi connectivity index (χ0) is 33.6. The van der Waals surface area contributed by atoms with E-state index in [2.05, 4.69) is 36.7 Å². The molecule has 7 nitrogen and oxygen atoms in total. The average molecular weight is 700 g/mol. The van der Waals surface area contributed by atoms with Gasteiger partial charge in [-0.1, -0.05) is 94.3 Å². The molecule has 4 aliphatic carbocycles. The molecule has 5 rings (SSSR count). The number of aliphatic hydroxyl groups excluding tert-OH is 1. The first-order chi connectivity index (χ1) is 21.7. The Morgan fingerprint density at radius 3 is 2.41 bits per heavy atom. The topological polar surface area (TPSA) is 110 Å². The number of rotatable bonds is 12. The second-order valence-corrected chi connectivity index (χ2v) is 15.9. The number of hydrogen-bond donors (Lipinski definition) is 2. The minimum Gasteiger partial charge on any atom is -0.461 e. The lowest BCUT2D eigenvalue weighted by molar-refractivity contribution is -0.191. The Bertz CT molecular complexity index is 1430. The van der Waals surface area contributed by atoms with Crippen molar-refractivity contribution < 1.29 is 34.1 Å². The van der Waals surface area contributed by atoms with E-state index in [0.717, 1.165) is 30.2 Å². The van der Waals surface area contributed by atoms with Crippen LogP contribution in [0, 0.1) is 41.4 Å². The minimum absolute atomic E-state index is 0.0375. The van der Waals surface area contributed by atoms with Crippen LogP contribution in [-0.2, 0) is 19.1 Å². The number of aryl methyl sites for hydroxylation is 1. The maximum absolute atomic E-state index is 14.8. The van der Waals surface area contributed by atoms with Crippen molar-refractivity contribution in [3.8, 4) is 0 Å². The number of unbranched alkanes of at least 4 members (excludes halogenated alkanes) is 6. The van der Waals surface area contributed by atoms with Crippen molar-refractivity contribution in [1.82, 2.24) is 0 Å². The molecule has 2 saturated carbocycles. The van der Waals surface area contributed by atoms with Gasteiger partial charge in [0.05, 0.1) is 11.0 Å². The fourth-order valence-electron chi connectivity index (χ4n) is 9.07. The van der Waals surface area contributed by atoms with Crippen LogP contribution >= 0.6 is 15.9 Å². The monoisotopic (exact) mass is 698 g/mol. The van der Waals surface area contributed by atoms with Gasteiger partial charge in [-0.15, -0.1) is 0 Å².